The summed E-state index contributed by atoms with van der Waals surface area (Å²) < 4.78 is 13.3. The third-order valence-electron chi connectivity index (χ3n) is 5.26. The number of aromatic nitrogens is 1. The van der Waals surface area contributed by atoms with E-state index < -0.39 is 5.60 Å². The van der Waals surface area contributed by atoms with Gasteiger partial charge in [-0.15, -0.1) is 0 Å². The number of fused-ring (bicyclic) bond motifs is 1. The van der Waals surface area contributed by atoms with E-state index >= 15 is 0 Å². The molecule has 1 saturated heterocycles. The molecule has 0 aliphatic carbocycles. The van der Waals surface area contributed by atoms with E-state index in [2.05, 4.69) is 4.98 Å². The van der Waals surface area contributed by atoms with Crippen molar-refractivity contribution in [2.75, 3.05) is 13.1 Å². The molecule has 1 aromatic heterocycles. The van der Waals surface area contributed by atoms with E-state index in [9.17, 15) is 14.3 Å². The lowest BCUT2D eigenvalue weighted by atomic mass is 9.85. The number of nitrogens with zero attached hydrogens (tertiary/aromatic N) is 2. The fourth-order valence-electron chi connectivity index (χ4n) is 3.67. The molecule has 1 amide bonds. The zero-order chi connectivity index (χ0) is 18.9. The van der Waals surface area contributed by atoms with Crippen LogP contribution in [0, 0.1) is 5.82 Å². The van der Waals surface area contributed by atoms with Crippen LogP contribution in [0.4, 0.5) is 4.39 Å². The minimum atomic E-state index is -0.785. The van der Waals surface area contributed by atoms with Crippen LogP contribution < -0.4 is 0 Å². The lowest BCUT2D eigenvalue weighted by molar-refractivity contribution is -0.0163. The molecule has 4 nitrogen and oxygen atoms in total. The largest absolute Gasteiger partial charge is 0.389 e. The first-order valence-corrected chi connectivity index (χ1v) is 9.13. The average Bonchev–Trinajstić information content (AvgIpc) is 2.68. The van der Waals surface area contributed by atoms with Crippen molar-refractivity contribution in [1.29, 1.82) is 0 Å². The third kappa shape index (κ3) is 3.83. The van der Waals surface area contributed by atoms with E-state index in [1.54, 1.807) is 17.0 Å². The molecule has 1 aliphatic heterocycles. The van der Waals surface area contributed by atoms with E-state index in [-0.39, 0.29) is 11.7 Å². The van der Waals surface area contributed by atoms with E-state index in [4.69, 9.17) is 0 Å². The Balaban J connectivity index is 1.44. The van der Waals surface area contributed by atoms with E-state index in [1.165, 1.54) is 18.3 Å². The Labute approximate surface area is 157 Å². The number of hydrogen-bond donors (Lipinski definition) is 1. The third-order valence-corrected chi connectivity index (χ3v) is 5.26. The van der Waals surface area contributed by atoms with E-state index in [0.717, 1.165) is 10.9 Å². The first-order valence-electron chi connectivity index (χ1n) is 9.13. The molecule has 0 bridgehead atoms. The number of halogens is 1. The highest BCUT2D eigenvalue weighted by molar-refractivity contribution is 5.96. The van der Waals surface area contributed by atoms with E-state index in [0.29, 0.717) is 43.4 Å². The zero-order valence-electron chi connectivity index (χ0n) is 14.9. The summed E-state index contributed by atoms with van der Waals surface area (Å²) in [6.45, 7) is 0.983. The monoisotopic (exact) mass is 364 g/mol. The Bertz CT molecular complexity index is 966. The number of hydrogen-bond acceptors (Lipinski definition) is 3. The molecular weight excluding hydrogens is 343 g/mol. The van der Waals surface area contributed by atoms with Crippen molar-refractivity contribution in [3.05, 3.63) is 77.9 Å². The molecule has 0 atom stereocenters. The number of aliphatic hydroxyl groups is 1. The number of carbonyl (C=O) groups excluding carboxylic acids is 1. The summed E-state index contributed by atoms with van der Waals surface area (Å²) in [7, 11) is 0. The van der Waals surface area contributed by atoms with Crippen LogP contribution >= 0.6 is 0 Å². The number of piperidine rings is 1. The fourth-order valence-corrected chi connectivity index (χ4v) is 3.67. The number of rotatable bonds is 3. The molecule has 27 heavy (non-hydrogen) atoms. The molecule has 0 spiro atoms. The molecule has 0 saturated carbocycles. The molecule has 1 N–H and O–H groups in total. The quantitative estimate of drug-likeness (QED) is 0.773. The maximum Gasteiger partial charge on any atom is 0.272 e. The Hall–Kier alpha value is -2.79. The number of benzene rings is 2. The summed E-state index contributed by atoms with van der Waals surface area (Å²) in [4.78, 5) is 18.7. The molecule has 138 valence electrons. The maximum atomic E-state index is 13.3. The highest BCUT2D eigenvalue weighted by atomic mass is 19.1. The summed E-state index contributed by atoms with van der Waals surface area (Å²) in [5, 5.41) is 12.3. The van der Waals surface area contributed by atoms with Crippen molar-refractivity contribution in [1.82, 2.24) is 9.88 Å². The first kappa shape index (κ1) is 17.6. The van der Waals surface area contributed by atoms with Gasteiger partial charge in [0.1, 0.15) is 11.5 Å². The van der Waals surface area contributed by atoms with Gasteiger partial charge in [0.25, 0.3) is 5.91 Å². The highest BCUT2D eigenvalue weighted by Gasteiger charge is 2.34. The topological polar surface area (TPSA) is 53.4 Å². The summed E-state index contributed by atoms with van der Waals surface area (Å²) >= 11 is 0. The lowest BCUT2D eigenvalue weighted by Gasteiger charge is -2.38. The minimum absolute atomic E-state index is 0.150. The second-order valence-corrected chi connectivity index (χ2v) is 7.24. The molecule has 5 heteroatoms. The van der Waals surface area contributed by atoms with E-state index in [1.807, 2.05) is 30.3 Å². The molecule has 2 aromatic carbocycles. The lowest BCUT2D eigenvalue weighted by Crippen LogP contribution is -2.47. The molecule has 1 fully saturated rings. The minimum Gasteiger partial charge on any atom is -0.389 e. The van der Waals surface area contributed by atoms with Crippen molar-refractivity contribution in [3.8, 4) is 0 Å². The predicted octanol–water partition coefficient (Wildman–Crippen LogP) is 3.58. The summed E-state index contributed by atoms with van der Waals surface area (Å²) in [6.07, 6.45) is 3.19. The van der Waals surface area contributed by atoms with Gasteiger partial charge < -0.3 is 10.0 Å². The van der Waals surface area contributed by atoms with Crippen molar-refractivity contribution in [2.45, 2.75) is 24.9 Å². The van der Waals surface area contributed by atoms with Crippen LogP contribution in [0.15, 0.2) is 60.8 Å². The van der Waals surface area contributed by atoms with Crippen molar-refractivity contribution in [2.24, 2.45) is 0 Å². The second-order valence-electron chi connectivity index (χ2n) is 7.24. The zero-order valence-corrected chi connectivity index (χ0v) is 14.9. The average molecular weight is 364 g/mol. The SMILES string of the molecule is O=C(c1cc2ccc(F)cc2cn1)N1CCC(O)(Cc2ccccc2)CC1. The van der Waals surface area contributed by atoms with Gasteiger partial charge in [-0.3, -0.25) is 9.78 Å². The van der Waals surface area contributed by atoms with Crippen molar-refractivity contribution >= 4 is 16.7 Å². The highest BCUT2D eigenvalue weighted by Crippen LogP contribution is 2.27. The van der Waals surface area contributed by atoms with Gasteiger partial charge >= 0.3 is 0 Å². The number of pyridine rings is 1. The molecule has 0 unspecified atom stereocenters. The predicted molar refractivity (Wildman–Crippen MR) is 102 cm³/mol. The number of likely N-dealkylation sites (tertiary alicyclic amines) is 1. The molecule has 2 heterocycles. The van der Waals surface area contributed by atoms with Gasteiger partial charge in [-0.1, -0.05) is 36.4 Å². The molecule has 1 aliphatic rings. The Morgan fingerprint density at radius 1 is 1.07 bits per heavy atom. The second kappa shape index (κ2) is 7.08. The van der Waals surface area contributed by atoms with Gasteiger partial charge in [0.2, 0.25) is 0 Å². The van der Waals surface area contributed by atoms with Crippen LogP contribution in [0.5, 0.6) is 0 Å². The Kier molecular flexibility index (Phi) is 4.62. The van der Waals surface area contributed by atoms with Crippen LogP contribution in [-0.2, 0) is 6.42 Å². The van der Waals surface area contributed by atoms with Crippen LogP contribution in [0.3, 0.4) is 0 Å². The first-order chi connectivity index (χ1) is 13.0. The van der Waals surface area contributed by atoms with Crippen LogP contribution in [-0.4, -0.2) is 39.6 Å². The fraction of sp³-hybridized carbons (Fsp3) is 0.273. The van der Waals surface area contributed by atoms with Crippen LogP contribution in [0.1, 0.15) is 28.9 Å². The van der Waals surface area contributed by atoms with Crippen LogP contribution in [0.2, 0.25) is 0 Å². The van der Waals surface area contributed by atoms with Gasteiger partial charge in [0.05, 0.1) is 5.60 Å². The van der Waals surface area contributed by atoms with Crippen molar-refractivity contribution < 1.29 is 14.3 Å². The van der Waals surface area contributed by atoms with Gasteiger partial charge in [0, 0.05) is 31.1 Å². The summed E-state index contributed by atoms with van der Waals surface area (Å²) in [5.41, 5.74) is 0.665. The number of amides is 1. The van der Waals surface area contributed by atoms with Gasteiger partial charge in [-0.2, -0.15) is 0 Å². The smallest absolute Gasteiger partial charge is 0.272 e. The summed E-state index contributed by atoms with van der Waals surface area (Å²) in [6, 6.07) is 16.0. The molecule has 0 radical (unpaired) electrons. The standard InChI is InChI=1S/C22H21FN2O2/c23-19-7-6-17-13-20(24-15-18(17)12-19)21(26)25-10-8-22(27,9-11-25)14-16-4-2-1-3-5-16/h1-7,12-13,15,27H,8-11,14H2. The van der Waals surface area contributed by atoms with Crippen LogP contribution in [0.25, 0.3) is 10.8 Å². The molecule has 4 rings (SSSR count). The summed E-state index contributed by atoms with van der Waals surface area (Å²) in [5.74, 6) is -0.472. The number of carbonyl (C=O) groups is 1. The maximum absolute atomic E-state index is 13.3. The van der Waals surface area contributed by atoms with Gasteiger partial charge in [-0.05, 0) is 42.0 Å². The molecular formula is C22H21FN2O2. The van der Waals surface area contributed by atoms with Gasteiger partial charge in [-0.25, -0.2) is 4.39 Å². The van der Waals surface area contributed by atoms with Gasteiger partial charge in [0.15, 0.2) is 0 Å². The normalized spacial score (nSPS) is 16.4. The van der Waals surface area contributed by atoms with Crippen molar-refractivity contribution in [3.63, 3.8) is 0 Å². The molecule has 3 aromatic rings. The Morgan fingerprint density at radius 2 is 1.81 bits per heavy atom. The Morgan fingerprint density at radius 3 is 2.56 bits per heavy atom.